The van der Waals surface area contributed by atoms with Crippen LogP contribution in [0, 0.1) is 6.92 Å². The van der Waals surface area contributed by atoms with Gasteiger partial charge < -0.3 is 10.3 Å². The lowest BCUT2D eigenvalue weighted by atomic mass is 10.1. The van der Waals surface area contributed by atoms with Crippen molar-refractivity contribution in [1.29, 1.82) is 0 Å². The molecule has 4 heteroatoms. The van der Waals surface area contributed by atoms with Crippen molar-refractivity contribution in [1.82, 2.24) is 10.1 Å². The number of aromatic nitrogens is 2. The predicted octanol–water partition coefficient (Wildman–Crippen LogP) is 2.45. The van der Waals surface area contributed by atoms with Crippen LogP contribution in [-0.2, 0) is 0 Å². The first-order valence-corrected chi connectivity index (χ1v) is 5.37. The van der Waals surface area contributed by atoms with Crippen LogP contribution in [0.3, 0.4) is 0 Å². The van der Waals surface area contributed by atoms with E-state index in [-0.39, 0.29) is 6.04 Å². The van der Waals surface area contributed by atoms with Crippen LogP contribution in [0.15, 0.2) is 28.8 Å². The highest BCUT2D eigenvalue weighted by molar-refractivity contribution is 5.58. The monoisotopic (exact) mass is 217 g/mol. The van der Waals surface area contributed by atoms with Crippen molar-refractivity contribution >= 4 is 0 Å². The zero-order valence-corrected chi connectivity index (χ0v) is 9.47. The Balaban J connectivity index is 2.35. The average molecular weight is 217 g/mol. The summed E-state index contributed by atoms with van der Waals surface area (Å²) in [7, 11) is 0. The summed E-state index contributed by atoms with van der Waals surface area (Å²) in [5, 5.41) is 3.95. The Hall–Kier alpha value is -1.68. The average Bonchev–Trinajstić information content (AvgIpc) is 2.78. The minimum absolute atomic E-state index is 0.176. The smallest absolute Gasteiger partial charge is 0.243 e. The fourth-order valence-electron chi connectivity index (χ4n) is 1.49. The highest BCUT2D eigenvalue weighted by Crippen LogP contribution is 2.21. The molecule has 2 rings (SSSR count). The molecule has 0 spiro atoms. The van der Waals surface area contributed by atoms with E-state index in [0.29, 0.717) is 11.7 Å². The van der Waals surface area contributed by atoms with Gasteiger partial charge in [0.25, 0.3) is 0 Å². The minimum Gasteiger partial charge on any atom is -0.337 e. The van der Waals surface area contributed by atoms with E-state index in [1.54, 1.807) is 0 Å². The van der Waals surface area contributed by atoms with Gasteiger partial charge in [-0.1, -0.05) is 36.3 Å². The van der Waals surface area contributed by atoms with Crippen LogP contribution in [0.25, 0.3) is 11.4 Å². The standard InChI is InChI=1S/C12H15N3O/c1-3-10(13)12-14-11(15-16-12)9-7-5-4-6-8(9)2/h4-7,10H,3,13H2,1-2H3/t10-/m0/s1. The van der Waals surface area contributed by atoms with E-state index in [4.69, 9.17) is 10.3 Å². The number of hydrogen-bond acceptors (Lipinski definition) is 4. The van der Waals surface area contributed by atoms with Gasteiger partial charge in [0, 0.05) is 5.56 Å². The summed E-state index contributed by atoms with van der Waals surface area (Å²) in [5.74, 6) is 1.11. The number of hydrogen-bond donors (Lipinski definition) is 1. The zero-order valence-electron chi connectivity index (χ0n) is 9.47. The van der Waals surface area contributed by atoms with Gasteiger partial charge in [-0.05, 0) is 18.9 Å². The van der Waals surface area contributed by atoms with Crippen molar-refractivity contribution in [3.8, 4) is 11.4 Å². The van der Waals surface area contributed by atoms with E-state index >= 15 is 0 Å². The topological polar surface area (TPSA) is 64.9 Å². The molecule has 0 saturated heterocycles. The van der Waals surface area contributed by atoms with Crippen LogP contribution < -0.4 is 5.73 Å². The molecule has 0 radical (unpaired) electrons. The third kappa shape index (κ3) is 1.97. The molecule has 16 heavy (non-hydrogen) atoms. The van der Waals surface area contributed by atoms with Gasteiger partial charge in [0.1, 0.15) is 0 Å². The lowest BCUT2D eigenvalue weighted by Crippen LogP contribution is -2.08. The van der Waals surface area contributed by atoms with Gasteiger partial charge in [-0.2, -0.15) is 4.98 Å². The summed E-state index contributed by atoms with van der Waals surface area (Å²) in [5.41, 5.74) is 7.94. The van der Waals surface area contributed by atoms with Crippen molar-refractivity contribution in [2.75, 3.05) is 0 Å². The summed E-state index contributed by atoms with van der Waals surface area (Å²) < 4.78 is 5.14. The molecule has 1 aromatic carbocycles. The van der Waals surface area contributed by atoms with Gasteiger partial charge in [-0.25, -0.2) is 0 Å². The van der Waals surface area contributed by atoms with Crippen LogP contribution in [0.2, 0.25) is 0 Å². The number of nitrogens with two attached hydrogens (primary N) is 1. The molecule has 1 heterocycles. The molecule has 2 aromatic rings. The minimum atomic E-state index is -0.176. The van der Waals surface area contributed by atoms with Crippen molar-refractivity contribution < 1.29 is 4.52 Å². The highest BCUT2D eigenvalue weighted by Gasteiger charge is 2.14. The van der Waals surface area contributed by atoms with Gasteiger partial charge in [-0.15, -0.1) is 0 Å². The fraction of sp³-hybridized carbons (Fsp3) is 0.333. The van der Waals surface area contributed by atoms with Gasteiger partial charge >= 0.3 is 0 Å². The highest BCUT2D eigenvalue weighted by atomic mass is 16.5. The van der Waals surface area contributed by atoms with Crippen LogP contribution in [0.5, 0.6) is 0 Å². The lowest BCUT2D eigenvalue weighted by molar-refractivity contribution is 0.352. The number of rotatable bonds is 3. The van der Waals surface area contributed by atoms with E-state index < -0.39 is 0 Å². The molecular weight excluding hydrogens is 202 g/mol. The lowest BCUT2D eigenvalue weighted by Gasteiger charge is -2.00. The van der Waals surface area contributed by atoms with Crippen molar-refractivity contribution in [2.24, 2.45) is 5.73 Å². The van der Waals surface area contributed by atoms with Gasteiger partial charge in [0.15, 0.2) is 0 Å². The predicted molar refractivity (Wildman–Crippen MR) is 61.7 cm³/mol. The Morgan fingerprint density at radius 3 is 2.81 bits per heavy atom. The zero-order chi connectivity index (χ0) is 11.5. The van der Waals surface area contributed by atoms with Crippen molar-refractivity contribution in [2.45, 2.75) is 26.3 Å². The Morgan fingerprint density at radius 2 is 2.12 bits per heavy atom. The molecule has 0 aliphatic carbocycles. The molecule has 4 nitrogen and oxygen atoms in total. The first-order chi connectivity index (χ1) is 7.72. The third-order valence-corrected chi connectivity index (χ3v) is 2.58. The Morgan fingerprint density at radius 1 is 1.38 bits per heavy atom. The summed E-state index contributed by atoms with van der Waals surface area (Å²) >= 11 is 0. The molecule has 0 saturated carbocycles. The maximum Gasteiger partial charge on any atom is 0.243 e. The SMILES string of the molecule is CC[C@H](N)c1nc(-c2ccccc2C)no1. The molecule has 0 amide bonds. The first-order valence-electron chi connectivity index (χ1n) is 5.37. The second-order valence-corrected chi connectivity index (χ2v) is 3.79. The molecule has 2 N–H and O–H groups in total. The van der Waals surface area contributed by atoms with Gasteiger partial charge in [-0.3, -0.25) is 0 Å². The van der Waals surface area contributed by atoms with E-state index in [2.05, 4.69) is 10.1 Å². The summed E-state index contributed by atoms with van der Waals surface area (Å²) in [4.78, 5) is 4.31. The Bertz CT molecular complexity index is 479. The second-order valence-electron chi connectivity index (χ2n) is 3.79. The number of nitrogens with zero attached hydrogens (tertiary/aromatic N) is 2. The molecular formula is C12H15N3O. The van der Waals surface area contributed by atoms with E-state index in [1.165, 1.54) is 0 Å². The summed E-state index contributed by atoms with van der Waals surface area (Å²) in [6, 6.07) is 7.76. The molecule has 1 atom stereocenters. The number of aryl methyl sites for hydroxylation is 1. The third-order valence-electron chi connectivity index (χ3n) is 2.58. The molecule has 0 aliphatic heterocycles. The number of benzene rings is 1. The molecule has 0 bridgehead atoms. The molecule has 0 fully saturated rings. The maximum atomic E-state index is 5.83. The summed E-state index contributed by atoms with van der Waals surface area (Å²) in [6.45, 7) is 4.01. The van der Waals surface area contributed by atoms with E-state index in [1.807, 2.05) is 38.1 Å². The molecule has 0 aliphatic rings. The molecule has 84 valence electrons. The summed E-state index contributed by atoms with van der Waals surface area (Å²) in [6.07, 6.45) is 0.787. The quantitative estimate of drug-likeness (QED) is 0.857. The van der Waals surface area contributed by atoms with Crippen LogP contribution in [0.4, 0.5) is 0 Å². The Kier molecular flexibility index (Phi) is 3.01. The first kappa shape index (κ1) is 10.8. The van der Waals surface area contributed by atoms with Gasteiger partial charge in [0.2, 0.25) is 11.7 Å². The normalized spacial score (nSPS) is 12.7. The Labute approximate surface area is 94.5 Å². The molecule has 1 aromatic heterocycles. The maximum absolute atomic E-state index is 5.83. The second kappa shape index (κ2) is 4.45. The molecule has 0 unspecified atom stereocenters. The van der Waals surface area contributed by atoms with Crippen molar-refractivity contribution in [3.05, 3.63) is 35.7 Å². The fourth-order valence-corrected chi connectivity index (χ4v) is 1.49. The van der Waals surface area contributed by atoms with E-state index in [9.17, 15) is 0 Å². The van der Waals surface area contributed by atoms with E-state index in [0.717, 1.165) is 17.5 Å². The largest absolute Gasteiger partial charge is 0.337 e. The van der Waals surface area contributed by atoms with Crippen LogP contribution in [-0.4, -0.2) is 10.1 Å². The van der Waals surface area contributed by atoms with Gasteiger partial charge in [0.05, 0.1) is 6.04 Å². The van der Waals surface area contributed by atoms with Crippen LogP contribution in [0.1, 0.15) is 30.8 Å². The van der Waals surface area contributed by atoms with Crippen LogP contribution >= 0.6 is 0 Å². The van der Waals surface area contributed by atoms with Crippen molar-refractivity contribution in [3.63, 3.8) is 0 Å².